The molecule has 2 aromatic rings. The fraction of sp³-hybridized carbons (Fsp3) is 0.300. The predicted octanol–water partition coefficient (Wildman–Crippen LogP) is 4.63. The summed E-state index contributed by atoms with van der Waals surface area (Å²) in [6.45, 7) is 4.74. The Balaban J connectivity index is 2.00. The predicted molar refractivity (Wildman–Crippen MR) is 118 cm³/mol. The van der Waals surface area contributed by atoms with Crippen LogP contribution in [0.1, 0.15) is 24.2 Å². The number of hydrogen-bond donors (Lipinski definition) is 2. The Morgan fingerprint density at radius 3 is 2.36 bits per heavy atom. The summed E-state index contributed by atoms with van der Waals surface area (Å²) in [6, 6.07) is 10.4. The molecule has 0 unspecified atom stereocenters. The molecular weight excluding hydrogens is 444 g/mol. The summed E-state index contributed by atoms with van der Waals surface area (Å²) in [7, 11) is 3.11. The normalized spacial score (nSPS) is 10.4. The first-order valence-electron chi connectivity index (χ1n) is 8.60. The van der Waals surface area contributed by atoms with Crippen LogP contribution < -0.4 is 24.8 Å². The van der Waals surface area contributed by atoms with E-state index in [1.165, 1.54) is 0 Å². The lowest BCUT2D eigenvalue weighted by molar-refractivity contribution is 0.0977. The molecule has 6 nitrogen and oxygen atoms in total. The van der Waals surface area contributed by atoms with Crippen molar-refractivity contribution in [3.63, 3.8) is 0 Å². The highest BCUT2D eigenvalue weighted by Crippen LogP contribution is 2.30. The molecule has 0 saturated heterocycles. The van der Waals surface area contributed by atoms with Gasteiger partial charge in [0.1, 0.15) is 5.75 Å². The maximum absolute atomic E-state index is 12.5. The Morgan fingerprint density at radius 1 is 1.07 bits per heavy atom. The molecule has 0 aliphatic heterocycles. The molecule has 150 valence electrons. The standard InChI is InChI=1S/C20H23BrN2O4S/c1-12(2)11-27-16-7-5-13(9-15(16)21)19(24)23-20(28)22-14-6-8-17(25-3)18(10-14)26-4/h5-10,12H,11H2,1-4H3,(H2,22,23,24,28). The number of benzene rings is 2. The topological polar surface area (TPSA) is 68.8 Å². The number of ether oxygens (including phenoxy) is 3. The van der Waals surface area contributed by atoms with Gasteiger partial charge in [-0.1, -0.05) is 13.8 Å². The SMILES string of the molecule is COc1ccc(NC(=S)NC(=O)c2ccc(OCC(C)C)c(Br)c2)cc1OC. The van der Waals surface area contributed by atoms with Crippen molar-refractivity contribution in [3.05, 3.63) is 46.4 Å². The fourth-order valence-electron chi connectivity index (χ4n) is 2.27. The Labute approximate surface area is 178 Å². The Kier molecular flexibility index (Phi) is 8.07. The van der Waals surface area contributed by atoms with Gasteiger partial charge in [0.25, 0.3) is 5.91 Å². The maximum Gasteiger partial charge on any atom is 0.257 e. The van der Waals surface area contributed by atoms with Gasteiger partial charge in [-0.3, -0.25) is 10.1 Å². The molecule has 0 saturated carbocycles. The van der Waals surface area contributed by atoms with Crippen molar-refractivity contribution in [2.45, 2.75) is 13.8 Å². The first kappa shape index (κ1) is 22.0. The van der Waals surface area contributed by atoms with Gasteiger partial charge in [-0.05, 0) is 64.4 Å². The van der Waals surface area contributed by atoms with Crippen molar-refractivity contribution in [3.8, 4) is 17.2 Å². The zero-order valence-electron chi connectivity index (χ0n) is 16.2. The van der Waals surface area contributed by atoms with Crippen LogP contribution >= 0.6 is 28.1 Å². The summed E-state index contributed by atoms with van der Waals surface area (Å²) in [5.74, 6) is 1.94. The number of rotatable bonds is 7. The van der Waals surface area contributed by atoms with E-state index >= 15 is 0 Å². The van der Waals surface area contributed by atoms with Gasteiger partial charge in [0, 0.05) is 17.3 Å². The first-order chi connectivity index (χ1) is 13.3. The monoisotopic (exact) mass is 466 g/mol. The van der Waals surface area contributed by atoms with E-state index in [-0.39, 0.29) is 11.0 Å². The molecule has 2 N–H and O–H groups in total. The third kappa shape index (κ3) is 6.10. The van der Waals surface area contributed by atoms with E-state index in [1.807, 2.05) is 0 Å². The summed E-state index contributed by atoms with van der Waals surface area (Å²) < 4.78 is 16.9. The van der Waals surface area contributed by atoms with Crippen LogP contribution in [0.25, 0.3) is 0 Å². The van der Waals surface area contributed by atoms with Crippen molar-refractivity contribution in [2.75, 3.05) is 26.1 Å². The second-order valence-electron chi connectivity index (χ2n) is 6.33. The van der Waals surface area contributed by atoms with Crippen LogP contribution in [0.5, 0.6) is 17.2 Å². The molecule has 1 amide bonds. The van der Waals surface area contributed by atoms with Gasteiger partial charge in [-0.15, -0.1) is 0 Å². The van der Waals surface area contributed by atoms with Gasteiger partial charge in [0.15, 0.2) is 16.6 Å². The molecule has 0 spiro atoms. The molecule has 0 aliphatic carbocycles. The number of thiocarbonyl (C=S) groups is 1. The van der Waals surface area contributed by atoms with Crippen molar-refractivity contribution in [1.29, 1.82) is 0 Å². The molecule has 0 bridgehead atoms. The summed E-state index contributed by atoms with van der Waals surface area (Å²) in [4.78, 5) is 12.5. The number of halogens is 1. The molecule has 0 radical (unpaired) electrons. The number of carbonyl (C=O) groups excluding carboxylic acids is 1. The lowest BCUT2D eigenvalue weighted by Crippen LogP contribution is -2.34. The Morgan fingerprint density at radius 2 is 1.75 bits per heavy atom. The van der Waals surface area contributed by atoms with Gasteiger partial charge in [0.2, 0.25) is 0 Å². The van der Waals surface area contributed by atoms with Gasteiger partial charge in [-0.2, -0.15) is 0 Å². The molecule has 8 heteroatoms. The maximum atomic E-state index is 12.5. The van der Waals surface area contributed by atoms with Crippen molar-refractivity contribution in [2.24, 2.45) is 5.92 Å². The molecule has 0 heterocycles. The largest absolute Gasteiger partial charge is 0.493 e. The lowest BCUT2D eigenvalue weighted by atomic mass is 10.2. The minimum absolute atomic E-state index is 0.175. The van der Waals surface area contributed by atoms with Gasteiger partial charge >= 0.3 is 0 Å². The number of carbonyl (C=O) groups is 1. The highest BCUT2D eigenvalue weighted by molar-refractivity contribution is 9.10. The van der Waals surface area contributed by atoms with Crippen LogP contribution in [-0.2, 0) is 0 Å². The molecule has 0 aliphatic rings. The van der Waals surface area contributed by atoms with E-state index in [1.54, 1.807) is 50.6 Å². The highest BCUT2D eigenvalue weighted by Gasteiger charge is 2.12. The number of amides is 1. The van der Waals surface area contributed by atoms with Crippen LogP contribution in [0.15, 0.2) is 40.9 Å². The number of hydrogen-bond acceptors (Lipinski definition) is 5. The van der Waals surface area contributed by atoms with E-state index in [2.05, 4.69) is 40.4 Å². The van der Waals surface area contributed by atoms with E-state index in [0.717, 1.165) is 0 Å². The molecule has 0 aromatic heterocycles. The van der Waals surface area contributed by atoms with Gasteiger partial charge < -0.3 is 19.5 Å². The van der Waals surface area contributed by atoms with Crippen LogP contribution in [0.3, 0.4) is 0 Å². The van der Waals surface area contributed by atoms with Crippen LogP contribution in [0.2, 0.25) is 0 Å². The van der Waals surface area contributed by atoms with Crippen molar-refractivity contribution >= 4 is 44.9 Å². The van der Waals surface area contributed by atoms with Crippen molar-refractivity contribution < 1.29 is 19.0 Å². The van der Waals surface area contributed by atoms with E-state index in [4.69, 9.17) is 26.4 Å². The van der Waals surface area contributed by atoms with Crippen LogP contribution in [-0.4, -0.2) is 31.8 Å². The van der Waals surface area contributed by atoms with E-state index in [0.29, 0.717) is 45.5 Å². The molecule has 0 atom stereocenters. The highest BCUT2D eigenvalue weighted by atomic mass is 79.9. The molecule has 28 heavy (non-hydrogen) atoms. The minimum Gasteiger partial charge on any atom is -0.493 e. The summed E-state index contributed by atoms with van der Waals surface area (Å²) in [6.07, 6.45) is 0. The molecule has 0 fully saturated rings. The summed E-state index contributed by atoms with van der Waals surface area (Å²) >= 11 is 8.67. The third-order valence-electron chi connectivity index (χ3n) is 3.63. The average molecular weight is 467 g/mol. The molecule has 2 aromatic carbocycles. The first-order valence-corrected chi connectivity index (χ1v) is 9.81. The number of anilines is 1. The second-order valence-corrected chi connectivity index (χ2v) is 7.59. The quantitative estimate of drug-likeness (QED) is 0.579. The fourth-order valence-corrected chi connectivity index (χ4v) is 2.97. The minimum atomic E-state index is -0.325. The zero-order valence-corrected chi connectivity index (χ0v) is 18.6. The Hall–Kier alpha value is -2.32. The number of nitrogens with one attached hydrogen (secondary N) is 2. The smallest absolute Gasteiger partial charge is 0.257 e. The summed E-state index contributed by atoms with van der Waals surface area (Å²) in [5, 5.41) is 5.78. The van der Waals surface area contributed by atoms with Crippen LogP contribution in [0, 0.1) is 5.92 Å². The Bertz CT molecular complexity index is 858. The van der Waals surface area contributed by atoms with Crippen LogP contribution in [0.4, 0.5) is 5.69 Å². The average Bonchev–Trinajstić information content (AvgIpc) is 2.66. The van der Waals surface area contributed by atoms with E-state index in [9.17, 15) is 4.79 Å². The number of methoxy groups -OCH3 is 2. The van der Waals surface area contributed by atoms with E-state index < -0.39 is 0 Å². The lowest BCUT2D eigenvalue weighted by Gasteiger charge is -2.13. The second kappa shape index (κ2) is 10.3. The zero-order chi connectivity index (χ0) is 20.7. The molecule has 2 rings (SSSR count). The summed E-state index contributed by atoms with van der Waals surface area (Å²) in [5.41, 5.74) is 1.13. The van der Waals surface area contributed by atoms with Gasteiger partial charge in [-0.25, -0.2) is 0 Å². The van der Waals surface area contributed by atoms with Gasteiger partial charge in [0.05, 0.1) is 25.3 Å². The van der Waals surface area contributed by atoms with Crippen molar-refractivity contribution in [1.82, 2.24) is 5.32 Å². The third-order valence-corrected chi connectivity index (χ3v) is 4.46. The molecular formula is C20H23BrN2O4S.